The minimum Gasteiger partial charge on any atom is -0.369 e. The van der Waals surface area contributed by atoms with Crippen molar-refractivity contribution in [3.05, 3.63) is 0 Å². The fraction of sp³-hybridized carbons (Fsp3) is 1.00. The average Bonchev–Trinajstić information content (AvgIpc) is 1.79. The Morgan fingerprint density at radius 3 is 2.45 bits per heavy atom. The zero-order valence-electron chi connectivity index (χ0n) is 7.42. The number of hydrogen-bond donors (Lipinski definition) is 1. The van der Waals surface area contributed by atoms with Crippen molar-refractivity contribution in [2.45, 2.75) is 26.3 Å². The summed E-state index contributed by atoms with van der Waals surface area (Å²) in [5, 5.41) is 0. The van der Waals surface area contributed by atoms with Crippen molar-refractivity contribution in [1.29, 1.82) is 0 Å². The lowest BCUT2D eigenvalue weighted by Gasteiger charge is -2.17. The van der Waals surface area contributed by atoms with E-state index in [1.54, 1.807) is 0 Å². The van der Waals surface area contributed by atoms with Crippen LogP contribution >= 0.6 is 0 Å². The fourth-order valence-electron chi connectivity index (χ4n) is 0.633. The molecular formula is C7H17NO2S. The van der Waals surface area contributed by atoms with Crippen LogP contribution in [0, 0.1) is 0 Å². The first kappa shape index (κ1) is 11.1. The van der Waals surface area contributed by atoms with E-state index in [1.165, 1.54) is 0 Å². The van der Waals surface area contributed by atoms with E-state index in [0.29, 0.717) is 18.3 Å². The Bertz CT molecular complexity index is 131. The van der Waals surface area contributed by atoms with E-state index >= 15 is 0 Å². The molecule has 0 radical (unpaired) electrons. The summed E-state index contributed by atoms with van der Waals surface area (Å²) in [6.07, 6.45) is 0. The molecule has 0 amide bonds. The third-order valence-electron chi connectivity index (χ3n) is 0.952. The van der Waals surface area contributed by atoms with E-state index in [0.717, 1.165) is 0 Å². The monoisotopic (exact) mass is 179 g/mol. The third-order valence-corrected chi connectivity index (χ3v) is 2.45. The summed E-state index contributed by atoms with van der Waals surface area (Å²) in [5.41, 5.74) is 5.30. The highest BCUT2D eigenvalue weighted by molar-refractivity contribution is 7.84. The largest absolute Gasteiger partial charge is 0.369 e. The van der Waals surface area contributed by atoms with E-state index in [-0.39, 0.29) is 5.54 Å². The highest BCUT2D eigenvalue weighted by Crippen LogP contribution is 1.99. The Balaban J connectivity index is 3.53. The van der Waals surface area contributed by atoms with Crippen molar-refractivity contribution in [2.24, 2.45) is 5.73 Å². The third kappa shape index (κ3) is 7.97. The van der Waals surface area contributed by atoms with Crippen molar-refractivity contribution < 1.29 is 8.95 Å². The molecule has 0 bridgehead atoms. The highest BCUT2D eigenvalue weighted by Gasteiger charge is 2.14. The Labute approximate surface area is 70.8 Å². The number of hydrogen-bond acceptors (Lipinski definition) is 3. The zero-order chi connectivity index (χ0) is 8.91. The van der Waals surface area contributed by atoms with Crippen LogP contribution in [-0.2, 0) is 15.5 Å². The quantitative estimate of drug-likeness (QED) is 0.667. The molecule has 0 aliphatic carbocycles. The summed E-state index contributed by atoms with van der Waals surface area (Å²) < 4.78 is 16.1. The van der Waals surface area contributed by atoms with Gasteiger partial charge in [-0.15, -0.1) is 0 Å². The molecule has 0 aromatic heterocycles. The molecule has 0 spiro atoms. The van der Waals surface area contributed by atoms with E-state index in [2.05, 4.69) is 0 Å². The van der Waals surface area contributed by atoms with E-state index in [1.807, 2.05) is 20.8 Å². The zero-order valence-corrected chi connectivity index (χ0v) is 8.24. The van der Waals surface area contributed by atoms with Crippen LogP contribution in [0.15, 0.2) is 0 Å². The summed E-state index contributed by atoms with van der Waals surface area (Å²) in [7, 11) is -0.937. The molecule has 1 unspecified atom stereocenters. The molecule has 4 heteroatoms. The molecule has 2 N–H and O–H groups in total. The van der Waals surface area contributed by atoms with Crippen molar-refractivity contribution in [2.75, 3.05) is 18.3 Å². The Morgan fingerprint density at radius 2 is 2.09 bits per heavy atom. The minimum atomic E-state index is -0.937. The molecule has 68 valence electrons. The van der Waals surface area contributed by atoms with Gasteiger partial charge in [-0.05, 0) is 20.8 Å². The standard InChI is InChI=1S/C7H17NO2S/c1-4-10-6-11(9)5-7(2,3)8/h4-6,8H2,1-3H3. The molecule has 0 fully saturated rings. The molecule has 3 nitrogen and oxygen atoms in total. The molecule has 11 heavy (non-hydrogen) atoms. The second-order valence-electron chi connectivity index (χ2n) is 3.18. The fourth-order valence-corrected chi connectivity index (χ4v) is 1.90. The normalized spacial score (nSPS) is 14.9. The van der Waals surface area contributed by atoms with Crippen LogP contribution < -0.4 is 5.73 Å². The SMILES string of the molecule is CCOCS(=O)CC(C)(C)N. The van der Waals surface area contributed by atoms with Crippen LogP contribution in [0.25, 0.3) is 0 Å². The van der Waals surface area contributed by atoms with Crippen LogP contribution in [0.4, 0.5) is 0 Å². The Kier molecular flexibility index (Phi) is 4.88. The Morgan fingerprint density at radius 1 is 1.55 bits per heavy atom. The molecule has 0 saturated carbocycles. The lowest BCUT2D eigenvalue weighted by Crippen LogP contribution is -2.38. The maximum Gasteiger partial charge on any atom is 0.122 e. The average molecular weight is 179 g/mol. The van der Waals surface area contributed by atoms with Gasteiger partial charge >= 0.3 is 0 Å². The number of nitrogens with two attached hydrogens (primary N) is 1. The minimum absolute atomic E-state index is 0.303. The molecular weight excluding hydrogens is 162 g/mol. The van der Waals surface area contributed by atoms with Gasteiger partial charge in [0.2, 0.25) is 0 Å². The van der Waals surface area contributed by atoms with Crippen LogP contribution in [0.2, 0.25) is 0 Å². The lowest BCUT2D eigenvalue weighted by molar-refractivity contribution is 0.195. The van der Waals surface area contributed by atoms with Gasteiger partial charge in [-0.2, -0.15) is 0 Å². The Hall–Kier alpha value is 0.0700. The van der Waals surface area contributed by atoms with Crippen LogP contribution in [-0.4, -0.2) is 28.0 Å². The van der Waals surface area contributed by atoms with Gasteiger partial charge in [-0.25, -0.2) is 0 Å². The number of rotatable bonds is 5. The maximum atomic E-state index is 11.1. The lowest BCUT2D eigenvalue weighted by atomic mass is 10.1. The van der Waals surface area contributed by atoms with Gasteiger partial charge in [0.15, 0.2) is 0 Å². The summed E-state index contributed by atoms with van der Waals surface area (Å²) in [5.74, 6) is 0.796. The summed E-state index contributed by atoms with van der Waals surface area (Å²) in [4.78, 5) is 0. The van der Waals surface area contributed by atoms with Gasteiger partial charge < -0.3 is 10.5 Å². The highest BCUT2D eigenvalue weighted by atomic mass is 32.2. The molecule has 0 aliphatic rings. The first-order valence-corrected chi connectivity index (χ1v) is 5.16. The topological polar surface area (TPSA) is 52.3 Å². The van der Waals surface area contributed by atoms with E-state index in [9.17, 15) is 4.21 Å². The van der Waals surface area contributed by atoms with E-state index in [4.69, 9.17) is 10.5 Å². The van der Waals surface area contributed by atoms with Crippen LogP contribution in [0.5, 0.6) is 0 Å². The predicted octanol–water partition coefficient (Wildman–Crippen LogP) is 0.466. The van der Waals surface area contributed by atoms with Gasteiger partial charge in [0.1, 0.15) is 5.94 Å². The molecule has 0 saturated heterocycles. The second-order valence-corrected chi connectivity index (χ2v) is 4.59. The van der Waals surface area contributed by atoms with Gasteiger partial charge in [0.25, 0.3) is 0 Å². The van der Waals surface area contributed by atoms with Crippen molar-refractivity contribution in [3.63, 3.8) is 0 Å². The smallest absolute Gasteiger partial charge is 0.122 e. The van der Waals surface area contributed by atoms with Gasteiger partial charge in [-0.3, -0.25) is 4.21 Å². The molecule has 0 aromatic rings. The van der Waals surface area contributed by atoms with Crippen molar-refractivity contribution in [3.8, 4) is 0 Å². The van der Waals surface area contributed by atoms with Crippen molar-refractivity contribution in [1.82, 2.24) is 0 Å². The van der Waals surface area contributed by atoms with Crippen LogP contribution in [0.1, 0.15) is 20.8 Å². The van der Waals surface area contributed by atoms with Gasteiger partial charge in [-0.1, -0.05) is 0 Å². The summed E-state index contributed by atoms with van der Waals surface area (Å²) in [6.45, 7) is 6.20. The van der Waals surface area contributed by atoms with Gasteiger partial charge in [0.05, 0.1) is 0 Å². The first-order chi connectivity index (χ1) is 4.95. The maximum absolute atomic E-state index is 11.1. The van der Waals surface area contributed by atoms with Crippen LogP contribution in [0.3, 0.4) is 0 Å². The molecule has 0 rings (SSSR count). The van der Waals surface area contributed by atoms with Gasteiger partial charge in [0, 0.05) is 28.7 Å². The molecule has 0 heterocycles. The molecule has 0 aliphatic heterocycles. The predicted molar refractivity (Wildman–Crippen MR) is 47.8 cm³/mol. The number of ether oxygens (including phenoxy) is 1. The first-order valence-electron chi connectivity index (χ1n) is 3.67. The summed E-state index contributed by atoms with van der Waals surface area (Å²) >= 11 is 0. The molecule has 0 aromatic carbocycles. The van der Waals surface area contributed by atoms with Crippen molar-refractivity contribution >= 4 is 10.8 Å². The van der Waals surface area contributed by atoms with E-state index < -0.39 is 10.8 Å². The second kappa shape index (κ2) is 4.85. The summed E-state index contributed by atoms with van der Waals surface area (Å²) in [6, 6.07) is 0. The molecule has 1 atom stereocenters.